The van der Waals surface area contributed by atoms with Gasteiger partial charge >= 0.3 is 0 Å². The Morgan fingerprint density at radius 1 is 1.53 bits per heavy atom. The summed E-state index contributed by atoms with van der Waals surface area (Å²) in [7, 11) is 1.68. The number of anilines is 1. The summed E-state index contributed by atoms with van der Waals surface area (Å²) in [5, 5.41) is 14.7. The zero-order valence-electron chi connectivity index (χ0n) is 11.1. The fourth-order valence-electron chi connectivity index (χ4n) is 2.50. The molecule has 1 saturated carbocycles. The van der Waals surface area contributed by atoms with E-state index >= 15 is 0 Å². The summed E-state index contributed by atoms with van der Waals surface area (Å²) in [4.78, 5) is 10.6. The fourth-order valence-corrected chi connectivity index (χ4v) is 2.67. The van der Waals surface area contributed by atoms with Crippen molar-refractivity contribution in [3.8, 4) is 0 Å². The Morgan fingerprint density at radius 3 is 2.74 bits per heavy atom. The van der Waals surface area contributed by atoms with Gasteiger partial charge < -0.3 is 10.1 Å². The molecule has 1 aliphatic rings. The van der Waals surface area contributed by atoms with E-state index in [0.29, 0.717) is 10.7 Å². The lowest BCUT2D eigenvalue weighted by atomic mass is 9.64. The van der Waals surface area contributed by atoms with Gasteiger partial charge in [0.15, 0.2) is 0 Å². The number of hydrogen-bond donors (Lipinski definition) is 1. The molecular formula is C13H17ClN2O3. The van der Waals surface area contributed by atoms with Gasteiger partial charge in [-0.2, -0.15) is 0 Å². The molecule has 2 atom stereocenters. The molecule has 0 bridgehead atoms. The zero-order valence-corrected chi connectivity index (χ0v) is 11.9. The average molecular weight is 285 g/mol. The summed E-state index contributed by atoms with van der Waals surface area (Å²) in [6.07, 6.45) is 0.996. The minimum atomic E-state index is -0.405. The molecular weight excluding hydrogens is 268 g/mol. The molecule has 104 valence electrons. The van der Waals surface area contributed by atoms with Crippen LogP contribution in [0, 0.1) is 15.5 Å². The van der Waals surface area contributed by atoms with E-state index in [9.17, 15) is 10.1 Å². The lowest BCUT2D eigenvalue weighted by Crippen LogP contribution is -2.57. The molecule has 0 heterocycles. The largest absolute Gasteiger partial charge is 0.381 e. The van der Waals surface area contributed by atoms with Gasteiger partial charge in [-0.25, -0.2) is 0 Å². The van der Waals surface area contributed by atoms with Gasteiger partial charge in [0, 0.05) is 29.7 Å². The summed E-state index contributed by atoms with van der Waals surface area (Å²) in [5.74, 6) is 0. The van der Waals surface area contributed by atoms with Gasteiger partial charge in [0.05, 0.1) is 11.0 Å². The van der Waals surface area contributed by atoms with E-state index < -0.39 is 4.92 Å². The Bertz CT molecular complexity index is 505. The number of methoxy groups -OCH3 is 1. The summed E-state index contributed by atoms with van der Waals surface area (Å²) < 4.78 is 5.37. The number of nitro benzene ring substituents is 1. The van der Waals surface area contributed by atoms with Crippen molar-refractivity contribution in [2.24, 2.45) is 5.41 Å². The molecule has 19 heavy (non-hydrogen) atoms. The number of hydrogen-bond acceptors (Lipinski definition) is 4. The molecule has 5 nitrogen and oxygen atoms in total. The topological polar surface area (TPSA) is 64.4 Å². The molecule has 2 unspecified atom stereocenters. The monoisotopic (exact) mass is 284 g/mol. The van der Waals surface area contributed by atoms with Gasteiger partial charge in [-0.15, -0.1) is 0 Å². The smallest absolute Gasteiger partial charge is 0.292 e. The highest BCUT2D eigenvalue weighted by Crippen LogP contribution is 2.45. The van der Waals surface area contributed by atoms with Crippen molar-refractivity contribution in [3.63, 3.8) is 0 Å². The van der Waals surface area contributed by atoms with E-state index in [2.05, 4.69) is 19.2 Å². The van der Waals surface area contributed by atoms with E-state index in [1.165, 1.54) is 12.1 Å². The van der Waals surface area contributed by atoms with Crippen LogP contribution in [0.5, 0.6) is 0 Å². The molecule has 1 N–H and O–H groups in total. The Kier molecular flexibility index (Phi) is 3.69. The van der Waals surface area contributed by atoms with Crippen LogP contribution in [-0.4, -0.2) is 24.2 Å². The van der Waals surface area contributed by atoms with E-state index in [0.717, 1.165) is 6.42 Å². The summed E-state index contributed by atoms with van der Waals surface area (Å²) in [5.41, 5.74) is 0.441. The predicted molar refractivity (Wildman–Crippen MR) is 74.7 cm³/mol. The summed E-state index contributed by atoms with van der Waals surface area (Å²) in [6.45, 7) is 4.16. The number of nitrogens with one attached hydrogen (secondary N) is 1. The van der Waals surface area contributed by atoms with Crippen LogP contribution in [-0.2, 0) is 4.74 Å². The fraction of sp³-hybridized carbons (Fsp3) is 0.538. The molecule has 0 aliphatic heterocycles. The normalized spacial score (nSPS) is 24.6. The molecule has 0 radical (unpaired) electrons. The van der Waals surface area contributed by atoms with Crippen LogP contribution in [0.2, 0.25) is 5.02 Å². The second-order valence-corrected chi connectivity index (χ2v) is 5.83. The maximum atomic E-state index is 11.0. The van der Waals surface area contributed by atoms with Crippen LogP contribution < -0.4 is 5.32 Å². The minimum absolute atomic E-state index is 0.0427. The molecule has 6 heteroatoms. The lowest BCUT2D eigenvalue weighted by molar-refractivity contribution is -0.384. The molecule has 0 amide bonds. The number of nitro groups is 1. The third-order valence-electron chi connectivity index (χ3n) is 3.95. The van der Waals surface area contributed by atoms with Crippen molar-refractivity contribution in [2.45, 2.75) is 32.4 Å². The number of nitrogens with zero attached hydrogens (tertiary/aromatic N) is 1. The highest BCUT2D eigenvalue weighted by Gasteiger charge is 2.49. The van der Waals surface area contributed by atoms with Crippen molar-refractivity contribution >= 4 is 23.0 Å². The van der Waals surface area contributed by atoms with Gasteiger partial charge in [-0.05, 0) is 18.6 Å². The van der Waals surface area contributed by atoms with Crippen molar-refractivity contribution in [2.75, 3.05) is 12.4 Å². The zero-order chi connectivity index (χ0) is 14.2. The molecule has 2 rings (SSSR count). The Morgan fingerprint density at radius 2 is 2.21 bits per heavy atom. The van der Waals surface area contributed by atoms with Crippen LogP contribution >= 0.6 is 11.6 Å². The minimum Gasteiger partial charge on any atom is -0.381 e. The highest BCUT2D eigenvalue weighted by atomic mass is 35.5. The predicted octanol–water partition coefficient (Wildman–Crippen LogP) is 3.47. The molecule has 1 aromatic carbocycles. The van der Waals surface area contributed by atoms with Gasteiger partial charge in [0.2, 0.25) is 0 Å². The lowest BCUT2D eigenvalue weighted by Gasteiger charge is -2.51. The van der Waals surface area contributed by atoms with E-state index in [1.54, 1.807) is 13.2 Å². The first-order chi connectivity index (χ1) is 8.86. The molecule has 1 aliphatic carbocycles. The Balaban J connectivity index is 2.21. The van der Waals surface area contributed by atoms with Crippen molar-refractivity contribution < 1.29 is 9.66 Å². The third-order valence-corrected chi connectivity index (χ3v) is 4.18. The van der Waals surface area contributed by atoms with Crippen molar-refractivity contribution in [1.82, 2.24) is 0 Å². The van der Waals surface area contributed by atoms with E-state index in [-0.39, 0.29) is 23.2 Å². The maximum absolute atomic E-state index is 11.0. The molecule has 1 fully saturated rings. The van der Waals surface area contributed by atoms with Crippen LogP contribution in [0.3, 0.4) is 0 Å². The molecule has 0 aromatic heterocycles. The van der Waals surface area contributed by atoms with Crippen molar-refractivity contribution in [3.05, 3.63) is 33.3 Å². The van der Waals surface area contributed by atoms with E-state index in [1.807, 2.05) is 0 Å². The summed E-state index contributed by atoms with van der Waals surface area (Å²) >= 11 is 5.91. The first-order valence-electron chi connectivity index (χ1n) is 6.09. The quantitative estimate of drug-likeness (QED) is 0.679. The first-order valence-corrected chi connectivity index (χ1v) is 6.47. The van der Waals surface area contributed by atoms with E-state index in [4.69, 9.17) is 16.3 Å². The number of rotatable bonds is 4. The highest BCUT2D eigenvalue weighted by molar-refractivity contribution is 6.31. The second-order valence-electron chi connectivity index (χ2n) is 5.40. The van der Waals surface area contributed by atoms with Crippen LogP contribution in [0.1, 0.15) is 20.3 Å². The maximum Gasteiger partial charge on any atom is 0.292 e. The molecule has 0 saturated heterocycles. The number of benzene rings is 1. The van der Waals surface area contributed by atoms with Crippen molar-refractivity contribution in [1.29, 1.82) is 0 Å². The van der Waals surface area contributed by atoms with Gasteiger partial charge in [-0.3, -0.25) is 10.1 Å². The average Bonchev–Trinajstić information content (AvgIpc) is 2.33. The van der Waals surface area contributed by atoms with Gasteiger partial charge in [0.1, 0.15) is 5.69 Å². The van der Waals surface area contributed by atoms with Gasteiger partial charge in [0.25, 0.3) is 5.69 Å². The number of ether oxygens (including phenoxy) is 1. The summed E-state index contributed by atoms with van der Waals surface area (Å²) in [6, 6.07) is 4.67. The first kappa shape index (κ1) is 14.1. The van der Waals surface area contributed by atoms with Crippen LogP contribution in [0.25, 0.3) is 0 Å². The Hall–Kier alpha value is -1.33. The SMILES string of the molecule is COC1CC(Nc2cc(Cl)ccc2[N+](=O)[O-])C1(C)C. The Labute approximate surface area is 117 Å². The molecule has 1 aromatic rings. The molecule has 0 spiro atoms. The second kappa shape index (κ2) is 4.98. The van der Waals surface area contributed by atoms with Crippen LogP contribution in [0.4, 0.5) is 11.4 Å². The van der Waals surface area contributed by atoms with Gasteiger partial charge in [-0.1, -0.05) is 25.4 Å². The third kappa shape index (κ3) is 2.53. The van der Waals surface area contributed by atoms with Crippen LogP contribution in [0.15, 0.2) is 18.2 Å². The standard InChI is InChI=1S/C13H17ClN2O3/c1-13(2)11(7-12(13)19-3)15-9-6-8(14)4-5-10(9)16(17)18/h4-6,11-12,15H,7H2,1-3H3. The number of halogens is 1.